The molecule has 0 amide bonds. The summed E-state index contributed by atoms with van der Waals surface area (Å²) in [4.78, 5) is 9.14. The number of nitrogens with zero attached hydrogens (tertiary/aromatic N) is 3. The fourth-order valence-corrected chi connectivity index (χ4v) is 3.08. The number of hydrogen-bond acceptors (Lipinski definition) is 5. The van der Waals surface area contributed by atoms with Crippen molar-refractivity contribution >= 4 is 22.9 Å². The Morgan fingerprint density at radius 3 is 2.61 bits per heavy atom. The number of guanidine groups is 1. The maximum atomic E-state index is 10.0. The molecule has 0 spiro atoms. The van der Waals surface area contributed by atoms with Crippen LogP contribution in [-0.4, -0.2) is 20.6 Å². The van der Waals surface area contributed by atoms with Gasteiger partial charge in [-0.05, 0) is 54.8 Å². The van der Waals surface area contributed by atoms with Crippen LogP contribution >= 0.6 is 0 Å². The number of fused-ring (bicyclic) bond motifs is 3. The highest BCUT2D eigenvalue weighted by atomic mass is 16.3. The van der Waals surface area contributed by atoms with Crippen molar-refractivity contribution in [1.29, 1.82) is 0 Å². The van der Waals surface area contributed by atoms with Gasteiger partial charge in [0.05, 0.1) is 11.0 Å². The Balaban J connectivity index is 1.97. The number of hydrogen-bond donors (Lipinski definition) is 3. The molecular formula is C17H17N5O. The van der Waals surface area contributed by atoms with Crippen LogP contribution in [0.1, 0.15) is 22.9 Å². The second kappa shape index (κ2) is 4.74. The Morgan fingerprint density at radius 1 is 1.17 bits per heavy atom. The third-order valence-electron chi connectivity index (χ3n) is 4.15. The van der Waals surface area contributed by atoms with E-state index in [9.17, 15) is 5.11 Å². The topological polar surface area (TPSA) is 88.5 Å². The molecule has 6 nitrogen and oxygen atoms in total. The maximum Gasteiger partial charge on any atom is 0.212 e. The monoisotopic (exact) mass is 307 g/mol. The Labute approximate surface area is 133 Å². The molecule has 0 unspecified atom stereocenters. The Kier molecular flexibility index (Phi) is 2.81. The van der Waals surface area contributed by atoms with E-state index in [4.69, 9.17) is 5.73 Å². The van der Waals surface area contributed by atoms with Crippen molar-refractivity contribution in [3.63, 3.8) is 0 Å². The minimum Gasteiger partial charge on any atom is -0.507 e. The highest BCUT2D eigenvalue weighted by molar-refractivity contribution is 5.94. The number of imidazole rings is 1. The Hall–Kier alpha value is -3.02. The average molecular weight is 307 g/mol. The highest BCUT2D eigenvalue weighted by Crippen LogP contribution is 2.34. The van der Waals surface area contributed by atoms with Gasteiger partial charge in [-0.25, -0.2) is 9.98 Å². The van der Waals surface area contributed by atoms with Gasteiger partial charge in [-0.3, -0.25) is 9.88 Å². The molecule has 0 bridgehead atoms. The molecule has 3 aromatic rings. The molecule has 116 valence electrons. The first-order valence-electron chi connectivity index (χ1n) is 7.42. The number of aromatic nitrogens is 2. The smallest absolute Gasteiger partial charge is 0.212 e. The first kappa shape index (κ1) is 13.6. The zero-order valence-electron chi connectivity index (χ0n) is 12.9. The van der Waals surface area contributed by atoms with Gasteiger partial charge < -0.3 is 10.8 Å². The average Bonchev–Trinajstić information content (AvgIpc) is 2.89. The molecule has 0 saturated carbocycles. The van der Waals surface area contributed by atoms with Crippen molar-refractivity contribution in [2.24, 2.45) is 10.7 Å². The summed E-state index contributed by atoms with van der Waals surface area (Å²) in [6.45, 7) is 3.76. The van der Waals surface area contributed by atoms with Gasteiger partial charge in [-0.2, -0.15) is 0 Å². The van der Waals surface area contributed by atoms with Gasteiger partial charge in [-0.15, -0.1) is 0 Å². The summed E-state index contributed by atoms with van der Waals surface area (Å²) in [5, 5.41) is 13.0. The van der Waals surface area contributed by atoms with Crippen molar-refractivity contribution in [1.82, 2.24) is 9.55 Å². The number of benzene rings is 2. The van der Waals surface area contributed by atoms with E-state index in [2.05, 4.69) is 15.3 Å². The van der Waals surface area contributed by atoms with E-state index in [0.29, 0.717) is 17.7 Å². The number of nitrogens with two attached hydrogens (primary N) is 1. The summed E-state index contributed by atoms with van der Waals surface area (Å²) in [5.74, 6) is 1.32. The molecular weight excluding hydrogens is 290 g/mol. The predicted molar refractivity (Wildman–Crippen MR) is 90.7 cm³/mol. The molecule has 6 heteroatoms. The zero-order valence-corrected chi connectivity index (χ0v) is 12.9. The first-order chi connectivity index (χ1) is 11.0. The number of aromatic hydroxyl groups is 1. The van der Waals surface area contributed by atoms with E-state index in [1.54, 1.807) is 0 Å². The van der Waals surface area contributed by atoms with Crippen LogP contribution in [-0.2, 0) is 0 Å². The van der Waals surface area contributed by atoms with Gasteiger partial charge in [0.15, 0.2) is 12.1 Å². The lowest BCUT2D eigenvalue weighted by molar-refractivity contribution is 0.466. The van der Waals surface area contributed by atoms with Gasteiger partial charge in [0.2, 0.25) is 5.95 Å². The van der Waals surface area contributed by atoms with E-state index < -0.39 is 0 Å². The van der Waals surface area contributed by atoms with Gasteiger partial charge in [0.1, 0.15) is 5.75 Å². The van der Waals surface area contributed by atoms with Crippen LogP contribution in [0.3, 0.4) is 0 Å². The van der Waals surface area contributed by atoms with Gasteiger partial charge >= 0.3 is 0 Å². The lowest BCUT2D eigenvalue weighted by Gasteiger charge is -2.24. The van der Waals surface area contributed by atoms with Crippen molar-refractivity contribution in [3.8, 4) is 5.75 Å². The van der Waals surface area contributed by atoms with Crippen molar-refractivity contribution in [2.45, 2.75) is 20.0 Å². The normalized spacial score (nSPS) is 16.8. The van der Waals surface area contributed by atoms with Crippen LogP contribution in [0.25, 0.3) is 11.0 Å². The molecule has 4 N–H and O–H groups in total. The standard InChI is InChI=1S/C17H17N5O/c1-9-7-11(8-10(2)14(9)23)15-20-16(18)21-17-19-12-5-3-4-6-13(12)22(15)17/h3-8,15,23H,1-2H3,(H3,18,19,20,21)/t15-/m1/s1. The van der Waals surface area contributed by atoms with Gasteiger partial charge in [0.25, 0.3) is 0 Å². The van der Waals surface area contributed by atoms with Crippen LogP contribution in [0.2, 0.25) is 0 Å². The molecule has 1 aliphatic rings. The molecule has 4 rings (SSSR count). The number of phenolic OH excluding ortho intramolecular Hbond substituents is 1. The summed E-state index contributed by atoms with van der Waals surface area (Å²) in [6, 6.07) is 11.8. The Bertz CT molecular complexity index is 934. The minimum atomic E-state index is -0.309. The first-order valence-corrected chi connectivity index (χ1v) is 7.42. The summed E-state index contributed by atoms with van der Waals surface area (Å²) in [5.41, 5.74) is 10.4. The lowest BCUT2D eigenvalue weighted by Crippen LogP contribution is -2.31. The summed E-state index contributed by atoms with van der Waals surface area (Å²) in [7, 11) is 0. The summed E-state index contributed by atoms with van der Waals surface area (Å²) in [6.07, 6.45) is -0.309. The molecule has 0 radical (unpaired) electrons. The number of rotatable bonds is 1. The van der Waals surface area contributed by atoms with Crippen LogP contribution in [0.4, 0.5) is 5.95 Å². The van der Waals surface area contributed by atoms with Crippen molar-refractivity contribution in [3.05, 3.63) is 53.1 Å². The molecule has 0 fully saturated rings. The van der Waals surface area contributed by atoms with E-state index >= 15 is 0 Å². The number of anilines is 1. The van der Waals surface area contributed by atoms with E-state index in [1.165, 1.54) is 0 Å². The van der Waals surface area contributed by atoms with Crippen LogP contribution < -0.4 is 11.1 Å². The molecule has 1 aliphatic heterocycles. The van der Waals surface area contributed by atoms with E-state index in [-0.39, 0.29) is 6.17 Å². The largest absolute Gasteiger partial charge is 0.507 e. The molecule has 23 heavy (non-hydrogen) atoms. The lowest BCUT2D eigenvalue weighted by atomic mass is 10.0. The number of aryl methyl sites for hydroxylation is 2. The molecule has 1 aromatic heterocycles. The molecule has 1 atom stereocenters. The fraction of sp³-hybridized carbons (Fsp3) is 0.176. The highest BCUT2D eigenvalue weighted by Gasteiger charge is 2.25. The second-order valence-corrected chi connectivity index (χ2v) is 5.81. The molecule has 0 saturated heterocycles. The second-order valence-electron chi connectivity index (χ2n) is 5.81. The Morgan fingerprint density at radius 2 is 1.87 bits per heavy atom. The molecule has 2 aromatic carbocycles. The number of nitrogens with one attached hydrogen (secondary N) is 1. The quantitative estimate of drug-likeness (QED) is 0.645. The van der Waals surface area contributed by atoms with E-state index in [1.807, 2.05) is 54.8 Å². The van der Waals surface area contributed by atoms with Crippen LogP contribution in [0, 0.1) is 13.8 Å². The molecule has 0 aliphatic carbocycles. The van der Waals surface area contributed by atoms with Crippen LogP contribution in [0.5, 0.6) is 5.75 Å². The van der Waals surface area contributed by atoms with Crippen LogP contribution in [0.15, 0.2) is 41.4 Å². The zero-order chi connectivity index (χ0) is 16.1. The minimum absolute atomic E-state index is 0.309. The summed E-state index contributed by atoms with van der Waals surface area (Å²) < 4.78 is 2.02. The van der Waals surface area contributed by atoms with Crippen molar-refractivity contribution in [2.75, 3.05) is 5.32 Å². The summed E-state index contributed by atoms with van der Waals surface area (Å²) >= 11 is 0. The number of phenols is 1. The van der Waals surface area contributed by atoms with E-state index in [0.717, 1.165) is 27.7 Å². The maximum absolute atomic E-state index is 10.0. The predicted octanol–water partition coefficient (Wildman–Crippen LogP) is 2.65. The third-order valence-corrected chi connectivity index (χ3v) is 4.15. The fourth-order valence-electron chi connectivity index (χ4n) is 3.08. The third kappa shape index (κ3) is 2.03. The SMILES string of the molecule is Cc1cc([C@@H]2N=C(N)Nc3nc4ccccc4n32)cc(C)c1O. The van der Waals surface area contributed by atoms with Crippen molar-refractivity contribution < 1.29 is 5.11 Å². The van der Waals surface area contributed by atoms with Gasteiger partial charge in [-0.1, -0.05) is 12.1 Å². The number of aliphatic imine (C=N–C) groups is 1. The van der Waals surface area contributed by atoms with Gasteiger partial charge in [0, 0.05) is 0 Å². The number of para-hydroxylation sites is 2. The molecule has 2 heterocycles.